The molecule has 0 amide bonds. The summed E-state index contributed by atoms with van der Waals surface area (Å²) in [5.41, 5.74) is 5.93. The Labute approximate surface area is 181 Å². The molecule has 31 heavy (non-hydrogen) atoms. The summed E-state index contributed by atoms with van der Waals surface area (Å²) in [4.78, 5) is 9.03. The van der Waals surface area contributed by atoms with Crippen LogP contribution in [0.15, 0.2) is 65.3 Å². The quantitative estimate of drug-likeness (QED) is 0.428. The number of hydrogen-bond donors (Lipinski definition) is 1. The van der Waals surface area contributed by atoms with Gasteiger partial charge < -0.3 is 14.6 Å². The zero-order valence-electron chi connectivity index (χ0n) is 18.0. The maximum absolute atomic E-state index is 5.72. The molecule has 6 heteroatoms. The molecule has 0 bridgehead atoms. The highest BCUT2D eigenvalue weighted by molar-refractivity contribution is 5.91. The first kappa shape index (κ1) is 20.3. The molecule has 0 unspecified atom stereocenters. The monoisotopic (exact) mass is 412 g/mol. The molecule has 0 spiro atoms. The van der Waals surface area contributed by atoms with Crippen LogP contribution in [0.1, 0.15) is 28.1 Å². The zero-order valence-corrected chi connectivity index (χ0v) is 18.0. The van der Waals surface area contributed by atoms with Crippen molar-refractivity contribution in [1.29, 1.82) is 0 Å². The predicted molar refractivity (Wildman–Crippen MR) is 123 cm³/mol. The SMILES string of the molecule is CNc1ncccc1-c1noc(C(=Cc2ccc(C)c(C)c2)c2ccccc2OC)n1. The van der Waals surface area contributed by atoms with Crippen molar-refractivity contribution in [2.24, 2.45) is 0 Å². The summed E-state index contributed by atoms with van der Waals surface area (Å²) in [6, 6.07) is 17.9. The minimum absolute atomic E-state index is 0.406. The number of ether oxygens (including phenoxy) is 1. The van der Waals surface area contributed by atoms with Crippen LogP contribution in [0.2, 0.25) is 0 Å². The number of methoxy groups -OCH3 is 1. The van der Waals surface area contributed by atoms with E-state index in [2.05, 4.69) is 47.5 Å². The van der Waals surface area contributed by atoms with E-state index < -0.39 is 0 Å². The lowest BCUT2D eigenvalue weighted by molar-refractivity contribution is 0.404. The van der Waals surface area contributed by atoms with E-state index in [1.54, 1.807) is 13.3 Å². The lowest BCUT2D eigenvalue weighted by Gasteiger charge is -2.10. The molecule has 0 atom stereocenters. The molecule has 0 fully saturated rings. The van der Waals surface area contributed by atoms with Gasteiger partial charge in [-0.3, -0.25) is 0 Å². The third-order valence-corrected chi connectivity index (χ3v) is 5.18. The van der Waals surface area contributed by atoms with Crippen molar-refractivity contribution in [1.82, 2.24) is 15.1 Å². The molecule has 0 aliphatic carbocycles. The molecular formula is C25H24N4O2. The van der Waals surface area contributed by atoms with Crippen molar-refractivity contribution in [3.63, 3.8) is 0 Å². The highest BCUT2D eigenvalue weighted by Crippen LogP contribution is 2.33. The molecule has 0 aliphatic heterocycles. The van der Waals surface area contributed by atoms with Gasteiger partial charge in [0.2, 0.25) is 5.82 Å². The number of pyridine rings is 1. The van der Waals surface area contributed by atoms with Crippen LogP contribution in [0.5, 0.6) is 5.75 Å². The summed E-state index contributed by atoms with van der Waals surface area (Å²) in [5, 5.41) is 7.29. The molecule has 2 aromatic heterocycles. The Morgan fingerprint density at radius 1 is 1.03 bits per heavy atom. The van der Waals surface area contributed by atoms with E-state index >= 15 is 0 Å². The number of benzene rings is 2. The molecule has 4 rings (SSSR count). The Bertz CT molecular complexity index is 1240. The number of aromatic nitrogens is 3. The average Bonchev–Trinajstić information content (AvgIpc) is 3.29. The Kier molecular flexibility index (Phi) is 5.80. The van der Waals surface area contributed by atoms with Crippen LogP contribution >= 0.6 is 0 Å². The summed E-state index contributed by atoms with van der Waals surface area (Å²) in [5.74, 6) is 2.29. The minimum Gasteiger partial charge on any atom is -0.496 e. The van der Waals surface area contributed by atoms with Gasteiger partial charge in [0.15, 0.2) is 0 Å². The van der Waals surface area contributed by atoms with Crippen LogP contribution in [0.4, 0.5) is 5.82 Å². The Morgan fingerprint density at radius 2 is 1.87 bits per heavy atom. The van der Waals surface area contributed by atoms with Crippen molar-refractivity contribution < 1.29 is 9.26 Å². The third kappa shape index (κ3) is 4.19. The van der Waals surface area contributed by atoms with E-state index in [9.17, 15) is 0 Å². The number of nitrogens with zero attached hydrogens (tertiary/aromatic N) is 3. The Morgan fingerprint density at radius 3 is 2.65 bits per heavy atom. The number of hydrogen-bond acceptors (Lipinski definition) is 6. The fourth-order valence-corrected chi connectivity index (χ4v) is 3.37. The Balaban J connectivity index is 1.87. The molecule has 1 N–H and O–H groups in total. The molecule has 0 saturated heterocycles. The van der Waals surface area contributed by atoms with E-state index in [4.69, 9.17) is 14.2 Å². The van der Waals surface area contributed by atoms with Gasteiger partial charge in [0.25, 0.3) is 5.89 Å². The van der Waals surface area contributed by atoms with Crippen LogP contribution < -0.4 is 10.1 Å². The van der Waals surface area contributed by atoms with Crippen LogP contribution in [0.25, 0.3) is 23.0 Å². The van der Waals surface area contributed by atoms with Crippen LogP contribution in [-0.4, -0.2) is 29.3 Å². The predicted octanol–water partition coefficient (Wildman–Crippen LogP) is 5.39. The van der Waals surface area contributed by atoms with Crippen LogP contribution in [0, 0.1) is 13.8 Å². The lowest BCUT2D eigenvalue weighted by atomic mass is 9.99. The standard InChI is InChI=1S/C25H24N4O2/c1-16-11-12-18(14-17(16)2)15-21(19-8-5-6-10-22(19)30-4)25-28-24(29-31-25)20-9-7-13-27-23(20)26-3/h5-15H,1-4H3,(H,26,27). The van der Waals surface area contributed by atoms with E-state index in [0.717, 1.165) is 28.0 Å². The van der Waals surface area contributed by atoms with E-state index in [1.807, 2.05) is 49.5 Å². The number of nitrogens with one attached hydrogen (secondary N) is 1. The van der Waals surface area contributed by atoms with Crippen molar-refractivity contribution in [3.8, 4) is 17.1 Å². The molecule has 0 saturated carbocycles. The molecule has 0 radical (unpaired) electrons. The molecule has 2 aromatic carbocycles. The number of aryl methyl sites for hydroxylation is 2. The maximum Gasteiger partial charge on any atom is 0.259 e. The maximum atomic E-state index is 5.72. The van der Waals surface area contributed by atoms with Gasteiger partial charge in [0, 0.05) is 18.8 Å². The molecule has 6 nitrogen and oxygen atoms in total. The van der Waals surface area contributed by atoms with Crippen molar-refractivity contribution in [2.45, 2.75) is 13.8 Å². The van der Waals surface area contributed by atoms with Gasteiger partial charge in [-0.05, 0) is 54.8 Å². The van der Waals surface area contributed by atoms with Gasteiger partial charge in [0.1, 0.15) is 11.6 Å². The number of rotatable bonds is 6. The van der Waals surface area contributed by atoms with Gasteiger partial charge >= 0.3 is 0 Å². The number of anilines is 1. The second kappa shape index (κ2) is 8.83. The van der Waals surface area contributed by atoms with Gasteiger partial charge in [-0.15, -0.1) is 0 Å². The first-order valence-corrected chi connectivity index (χ1v) is 10.00. The van der Waals surface area contributed by atoms with Gasteiger partial charge in [0.05, 0.1) is 18.2 Å². The molecule has 2 heterocycles. The molecule has 4 aromatic rings. The Hall–Kier alpha value is -3.93. The fourth-order valence-electron chi connectivity index (χ4n) is 3.37. The zero-order chi connectivity index (χ0) is 21.8. The molecule has 0 aliphatic rings. The van der Waals surface area contributed by atoms with Gasteiger partial charge in [-0.1, -0.05) is 41.6 Å². The summed E-state index contributed by atoms with van der Waals surface area (Å²) < 4.78 is 11.3. The lowest BCUT2D eigenvalue weighted by Crippen LogP contribution is -1.96. The number of para-hydroxylation sites is 1. The summed E-state index contributed by atoms with van der Waals surface area (Å²) in [6.45, 7) is 4.20. The van der Waals surface area contributed by atoms with Crippen LogP contribution in [-0.2, 0) is 0 Å². The van der Waals surface area contributed by atoms with Crippen LogP contribution in [0.3, 0.4) is 0 Å². The topological polar surface area (TPSA) is 73.1 Å². The first-order chi connectivity index (χ1) is 15.1. The highest BCUT2D eigenvalue weighted by atomic mass is 16.5. The minimum atomic E-state index is 0.406. The summed E-state index contributed by atoms with van der Waals surface area (Å²) in [6.07, 6.45) is 3.76. The second-order valence-corrected chi connectivity index (χ2v) is 7.17. The fraction of sp³-hybridized carbons (Fsp3) is 0.160. The van der Waals surface area contributed by atoms with Gasteiger partial charge in [-0.25, -0.2) is 4.98 Å². The largest absolute Gasteiger partial charge is 0.496 e. The highest BCUT2D eigenvalue weighted by Gasteiger charge is 2.19. The average molecular weight is 412 g/mol. The third-order valence-electron chi connectivity index (χ3n) is 5.18. The summed E-state index contributed by atoms with van der Waals surface area (Å²) >= 11 is 0. The first-order valence-electron chi connectivity index (χ1n) is 10.00. The summed E-state index contributed by atoms with van der Waals surface area (Å²) in [7, 11) is 3.47. The van der Waals surface area contributed by atoms with E-state index in [0.29, 0.717) is 17.5 Å². The van der Waals surface area contributed by atoms with Crippen molar-refractivity contribution >= 4 is 17.5 Å². The van der Waals surface area contributed by atoms with E-state index in [1.165, 1.54) is 11.1 Å². The molecular weight excluding hydrogens is 388 g/mol. The smallest absolute Gasteiger partial charge is 0.259 e. The van der Waals surface area contributed by atoms with Crippen molar-refractivity contribution in [3.05, 3.63) is 88.9 Å². The second-order valence-electron chi connectivity index (χ2n) is 7.17. The van der Waals surface area contributed by atoms with Crippen molar-refractivity contribution in [2.75, 3.05) is 19.5 Å². The molecule has 156 valence electrons. The van der Waals surface area contributed by atoms with Gasteiger partial charge in [-0.2, -0.15) is 4.98 Å². The normalized spacial score (nSPS) is 11.4. The van der Waals surface area contributed by atoms with E-state index in [-0.39, 0.29) is 0 Å².